The largest absolute Gasteiger partial charge is 0.478 e. The van der Waals surface area contributed by atoms with E-state index in [1.807, 2.05) is 0 Å². The Morgan fingerprint density at radius 1 is 1.43 bits per heavy atom. The first-order chi connectivity index (χ1) is 9.84. The molecule has 1 N–H and O–H groups in total. The van der Waals surface area contributed by atoms with Crippen LogP contribution in [-0.4, -0.2) is 22.2 Å². The van der Waals surface area contributed by atoms with E-state index in [0.717, 1.165) is 18.0 Å². The summed E-state index contributed by atoms with van der Waals surface area (Å²) >= 11 is 0. The number of hydrogen-bond acceptors (Lipinski definition) is 3. The molecule has 0 radical (unpaired) electrons. The second kappa shape index (κ2) is 4.80. The minimum Gasteiger partial charge on any atom is -0.478 e. The van der Waals surface area contributed by atoms with E-state index in [-0.39, 0.29) is 17.1 Å². The lowest BCUT2D eigenvalue weighted by Gasteiger charge is -2.38. The first kappa shape index (κ1) is 14.5. The van der Waals surface area contributed by atoms with Gasteiger partial charge in [-0.05, 0) is 48.1 Å². The average molecular weight is 289 g/mol. The number of fused-ring (bicyclic) bond motifs is 2. The molecule has 4 nitrogen and oxygen atoms in total. The summed E-state index contributed by atoms with van der Waals surface area (Å²) in [7, 11) is 0. The summed E-state index contributed by atoms with van der Waals surface area (Å²) in [6.45, 7) is 7.55. The lowest BCUT2D eigenvalue weighted by molar-refractivity contribution is -0.0560. The highest BCUT2D eigenvalue weighted by Gasteiger charge is 2.61. The van der Waals surface area contributed by atoms with E-state index in [0.29, 0.717) is 12.0 Å². The molecular formula is C17H23NO3. The van der Waals surface area contributed by atoms with Gasteiger partial charge in [0.1, 0.15) is 0 Å². The van der Waals surface area contributed by atoms with Crippen molar-refractivity contribution in [2.24, 2.45) is 16.7 Å². The number of hydrogen-bond donors (Lipinski definition) is 1. The molecule has 21 heavy (non-hydrogen) atoms. The number of carboxylic acid groups (broad SMARTS) is 1. The molecule has 2 bridgehead atoms. The topological polar surface area (TPSA) is 59.4 Å². The van der Waals surface area contributed by atoms with Crippen molar-refractivity contribution in [2.75, 3.05) is 0 Å². The Morgan fingerprint density at radius 2 is 2.19 bits per heavy atom. The van der Waals surface area contributed by atoms with Crippen molar-refractivity contribution in [3.05, 3.63) is 29.6 Å². The first-order valence-electron chi connectivity index (χ1n) is 7.64. The van der Waals surface area contributed by atoms with Gasteiger partial charge in [0.2, 0.25) is 0 Å². The summed E-state index contributed by atoms with van der Waals surface area (Å²) in [5, 5.41) is 8.87. The predicted octanol–water partition coefficient (Wildman–Crippen LogP) is 3.51. The molecule has 114 valence electrons. The van der Waals surface area contributed by atoms with Gasteiger partial charge >= 0.3 is 5.97 Å². The second-order valence-corrected chi connectivity index (χ2v) is 7.25. The normalized spacial score (nSPS) is 33.3. The number of rotatable bonds is 4. The highest BCUT2D eigenvalue weighted by atomic mass is 16.5. The van der Waals surface area contributed by atoms with Crippen LogP contribution in [0.5, 0.6) is 0 Å². The van der Waals surface area contributed by atoms with E-state index in [9.17, 15) is 4.79 Å². The average Bonchev–Trinajstić information content (AvgIpc) is 2.78. The van der Waals surface area contributed by atoms with Crippen molar-refractivity contribution in [3.8, 4) is 0 Å². The van der Waals surface area contributed by atoms with Gasteiger partial charge in [0, 0.05) is 6.20 Å². The Balaban J connectivity index is 1.65. The summed E-state index contributed by atoms with van der Waals surface area (Å²) in [5.74, 6) is -0.188. The maximum absolute atomic E-state index is 10.8. The van der Waals surface area contributed by atoms with Crippen LogP contribution in [0.3, 0.4) is 0 Å². The van der Waals surface area contributed by atoms with Crippen LogP contribution < -0.4 is 0 Å². The highest BCUT2D eigenvalue weighted by Crippen LogP contribution is 2.66. The zero-order valence-corrected chi connectivity index (χ0v) is 12.9. The molecule has 1 heterocycles. The fourth-order valence-corrected chi connectivity index (χ4v) is 4.20. The maximum Gasteiger partial charge on any atom is 0.337 e. The fourth-order valence-electron chi connectivity index (χ4n) is 4.20. The van der Waals surface area contributed by atoms with Crippen LogP contribution in [0.4, 0.5) is 0 Å². The molecule has 0 amide bonds. The predicted molar refractivity (Wildman–Crippen MR) is 79.0 cm³/mol. The zero-order chi connectivity index (χ0) is 15.3. The van der Waals surface area contributed by atoms with Gasteiger partial charge in [-0.2, -0.15) is 0 Å². The molecule has 0 saturated heterocycles. The molecular weight excluding hydrogens is 266 g/mol. The van der Waals surface area contributed by atoms with Crippen molar-refractivity contribution in [2.45, 2.75) is 52.7 Å². The lowest BCUT2D eigenvalue weighted by atomic mass is 9.70. The van der Waals surface area contributed by atoms with Crippen LogP contribution in [0.25, 0.3) is 0 Å². The molecule has 2 aliphatic carbocycles. The third kappa shape index (κ3) is 2.16. The summed E-state index contributed by atoms with van der Waals surface area (Å²) in [4.78, 5) is 15.0. The minimum absolute atomic E-state index is 0.215. The van der Waals surface area contributed by atoms with E-state index in [1.165, 1.54) is 19.0 Å². The lowest BCUT2D eigenvalue weighted by Crippen LogP contribution is -2.37. The van der Waals surface area contributed by atoms with E-state index in [2.05, 4.69) is 25.8 Å². The van der Waals surface area contributed by atoms with Crippen molar-refractivity contribution < 1.29 is 14.6 Å². The molecule has 0 aromatic carbocycles. The van der Waals surface area contributed by atoms with Gasteiger partial charge in [0.25, 0.3) is 0 Å². The van der Waals surface area contributed by atoms with Crippen molar-refractivity contribution in [3.63, 3.8) is 0 Å². The van der Waals surface area contributed by atoms with E-state index >= 15 is 0 Å². The molecule has 2 fully saturated rings. The fraction of sp³-hybridized carbons (Fsp3) is 0.647. The Kier molecular flexibility index (Phi) is 3.32. The molecule has 3 unspecified atom stereocenters. The van der Waals surface area contributed by atoms with Crippen LogP contribution in [0, 0.1) is 16.7 Å². The summed E-state index contributed by atoms with van der Waals surface area (Å²) in [6.07, 6.45) is 5.37. The number of nitrogens with zero attached hydrogens (tertiary/aromatic N) is 1. The van der Waals surface area contributed by atoms with Gasteiger partial charge in [-0.3, -0.25) is 4.98 Å². The first-order valence-corrected chi connectivity index (χ1v) is 7.64. The summed E-state index contributed by atoms with van der Waals surface area (Å²) in [5.41, 5.74) is 1.60. The Bertz CT molecular complexity index is 552. The summed E-state index contributed by atoms with van der Waals surface area (Å²) < 4.78 is 6.15. The van der Waals surface area contributed by atoms with Crippen LogP contribution in [-0.2, 0) is 11.3 Å². The van der Waals surface area contributed by atoms with Crippen molar-refractivity contribution in [1.29, 1.82) is 0 Å². The van der Waals surface area contributed by atoms with Crippen LogP contribution in [0.1, 0.15) is 56.1 Å². The molecule has 4 heteroatoms. The third-order valence-electron chi connectivity index (χ3n) is 6.22. The second-order valence-electron chi connectivity index (χ2n) is 7.25. The van der Waals surface area contributed by atoms with E-state index < -0.39 is 5.97 Å². The number of ether oxygens (including phenoxy) is 1. The zero-order valence-electron chi connectivity index (χ0n) is 12.9. The summed E-state index contributed by atoms with van der Waals surface area (Å²) in [6, 6.07) is 3.32. The van der Waals surface area contributed by atoms with Crippen LogP contribution >= 0.6 is 0 Å². The third-order valence-corrected chi connectivity index (χ3v) is 6.22. The number of carboxylic acids is 1. The van der Waals surface area contributed by atoms with E-state index in [1.54, 1.807) is 12.1 Å². The van der Waals surface area contributed by atoms with Gasteiger partial charge in [-0.25, -0.2) is 4.79 Å². The van der Waals surface area contributed by atoms with Gasteiger partial charge < -0.3 is 9.84 Å². The molecule has 2 aliphatic rings. The van der Waals surface area contributed by atoms with Crippen molar-refractivity contribution >= 4 is 5.97 Å². The smallest absolute Gasteiger partial charge is 0.337 e. The SMILES string of the molecule is CC1(C)C2CCC1(C)C(OCc1ccc(C(=O)O)cn1)C2. The van der Waals surface area contributed by atoms with Gasteiger partial charge in [-0.1, -0.05) is 20.8 Å². The number of carbonyl (C=O) groups is 1. The van der Waals surface area contributed by atoms with Crippen LogP contribution in [0.2, 0.25) is 0 Å². The van der Waals surface area contributed by atoms with Gasteiger partial charge in [0.05, 0.1) is 24.0 Å². The minimum atomic E-state index is -0.947. The maximum atomic E-state index is 10.8. The molecule has 1 aromatic heterocycles. The molecule has 0 aliphatic heterocycles. The number of pyridine rings is 1. The van der Waals surface area contributed by atoms with Gasteiger partial charge in [-0.15, -0.1) is 0 Å². The number of aromatic nitrogens is 1. The van der Waals surface area contributed by atoms with E-state index in [4.69, 9.17) is 9.84 Å². The Hall–Kier alpha value is -1.42. The molecule has 1 aromatic rings. The van der Waals surface area contributed by atoms with Crippen molar-refractivity contribution in [1.82, 2.24) is 4.98 Å². The van der Waals surface area contributed by atoms with Crippen LogP contribution in [0.15, 0.2) is 18.3 Å². The molecule has 0 spiro atoms. The molecule has 3 rings (SSSR count). The Labute approximate surface area is 125 Å². The quantitative estimate of drug-likeness (QED) is 0.921. The number of aromatic carboxylic acids is 1. The molecule has 3 atom stereocenters. The monoisotopic (exact) mass is 289 g/mol. The Morgan fingerprint density at radius 3 is 2.67 bits per heavy atom. The highest BCUT2D eigenvalue weighted by molar-refractivity contribution is 5.87. The standard InChI is InChI=1S/C17H23NO3/c1-16(2)12-6-7-17(16,3)14(8-12)21-10-13-5-4-11(9-18-13)15(19)20/h4-5,9,12,14H,6-8,10H2,1-3H3,(H,19,20). The van der Waals surface area contributed by atoms with Gasteiger partial charge in [0.15, 0.2) is 0 Å². The molecule has 2 saturated carbocycles.